The molecule has 18 heavy (non-hydrogen) atoms. The van der Waals surface area contributed by atoms with Crippen LogP contribution in [0.25, 0.3) is 0 Å². The molecule has 0 bridgehead atoms. The highest BCUT2D eigenvalue weighted by atomic mass is 16.5. The largest absolute Gasteiger partial charge is 0.497 e. The smallest absolute Gasteiger partial charge is 0.309 e. The van der Waals surface area contributed by atoms with E-state index in [9.17, 15) is 4.79 Å². The van der Waals surface area contributed by atoms with Gasteiger partial charge in [0, 0.05) is 13.1 Å². The van der Waals surface area contributed by atoms with Crippen LogP contribution in [0.15, 0.2) is 24.3 Å². The fraction of sp³-hybridized carbons (Fsp3) is 0.500. The van der Waals surface area contributed by atoms with Gasteiger partial charge in [-0.15, -0.1) is 0 Å². The van der Waals surface area contributed by atoms with Gasteiger partial charge in [-0.2, -0.15) is 0 Å². The van der Waals surface area contributed by atoms with Crippen molar-refractivity contribution in [3.8, 4) is 5.75 Å². The lowest BCUT2D eigenvalue weighted by Crippen LogP contribution is -2.39. The summed E-state index contributed by atoms with van der Waals surface area (Å²) in [5, 5.41) is 3.30. The molecule has 1 aromatic carbocycles. The van der Waals surface area contributed by atoms with Crippen LogP contribution in [0.3, 0.4) is 0 Å². The van der Waals surface area contributed by atoms with Gasteiger partial charge in [0.25, 0.3) is 0 Å². The standard InChI is InChI=1S/C14H19NO3/c1-17-13-5-3-10(4-6-13)11-7-12(9-15-8-11)14(16)18-2/h3-6,11-12,15H,7-9H2,1-2H3/t11-,12-/m0/s1. The first kappa shape index (κ1) is 12.9. The predicted octanol–water partition coefficient (Wildman–Crippen LogP) is 1.56. The lowest BCUT2D eigenvalue weighted by molar-refractivity contribution is -0.146. The van der Waals surface area contributed by atoms with E-state index < -0.39 is 0 Å². The van der Waals surface area contributed by atoms with Crippen LogP contribution >= 0.6 is 0 Å². The highest BCUT2D eigenvalue weighted by Crippen LogP contribution is 2.28. The van der Waals surface area contributed by atoms with E-state index in [-0.39, 0.29) is 11.9 Å². The number of nitrogens with one attached hydrogen (secondary N) is 1. The molecule has 0 radical (unpaired) electrons. The van der Waals surface area contributed by atoms with Gasteiger partial charge in [-0.3, -0.25) is 4.79 Å². The van der Waals surface area contributed by atoms with Gasteiger partial charge in [0.1, 0.15) is 5.75 Å². The van der Waals surface area contributed by atoms with Gasteiger partial charge < -0.3 is 14.8 Å². The van der Waals surface area contributed by atoms with Gasteiger partial charge >= 0.3 is 5.97 Å². The van der Waals surface area contributed by atoms with E-state index in [1.165, 1.54) is 12.7 Å². The van der Waals surface area contributed by atoms with Crippen LogP contribution in [0.1, 0.15) is 17.9 Å². The molecule has 1 aromatic rings. The molecule has 1 aliphatic heterocycles. The van der Waals surface area contributed by atoms with Crippen LogP contribution in [-0.4, -0.2) is 33.3 Å². The van der Waals surface area contributed by atoms with Crippen molar-refractivity contribution in [2.75, 3.05) is 27.3 Å². The Morgan fingerprint density at radius 3 is 2.56 bits per heavy atom. The van der Waals surface area contributed by atoms with Gasteiger partial charge in [0.15, 0.2) is 0 Å². The summed E-state index contributed by atoms with van der Waals surface area (Å²) in [5.74, 6) is 1.04. The molecular weight excluding hydrogens is 230 g/mol. The van der Waals surface area contributed by atoms with Crippen molar-refractivity contribution < 1.29 is 14.3 Å². The summed E-state index contributed by atoms with van der Waals surface area (Å²) < 4.78 is 9.95. The average Bonchev–Trinajstić information content (AvgIpc) is 2.46. The van der Waals surface area contributed by atoms with Crippen LogP contribution in [-0.2, 0) is 9.53 Å². The first-order chi connectivity index (χ1) is 8.74. The fourth-order valence-electron chi connectivity index (χ4n) is 2.42. The second-order valence-corrected chi connectivity index (χ2v) is 4.58. The molecule has 98 valence electrons. The van der Waals surface area contributed by atoms with E-state index in [4.69, 9.17) is 9.47 Å². The van der Waals surface area contributed by atoms with Crippen molar-refractivity contribution in [2.24, 2.45) is 5.92 Å². The third kappa shape index (κ3) is 2.82. The maximum atomic E-state index is 11.6. The quantitative estimate of drug-likeness (QED) is 0.826. The first-order valence-corrected chi connectivity index (χ1v) is 6.17. The van der Waals surface area contributed by atoms with Crippen LogP contribution in [0.4, 0.5) is 0 Å². The van der Waals surface area contributed by atoms with Crippen LogP contribution < -0.4 is 10.1 Å². The van der Waals surface area contributed by atoms with E-state index in [1.54, 1.807) is 7.11 Å². The molecule has 4 nitrogen and oxygen atoms in total. The van der Waals surface area contributed by atoms with E-state index >= 15 is 0 Å². The van der Waals surface area contributed by atoms with Crippen molar-refractivity contribution in [1.29, 1.82) is 0 Å². The predicted molar refractivity (Wildman–Crippen MR) is 68.7 cm³/mol. The van der Waals surface area contributed by atoms with E-state index in [1.807, 2.05) is 12.1 Å². The summed E-state index contributed by atoms with van der Waals surface area (Å²) in [4.78, 5) is 11.6. The molecular formula is C14H19NO3. The summed E-state index contributed by atoms with van der Waals surface area (Å²) in [6.07, 6.45) is 0.839. The summed E-state index contributed by atoms with van der Waals surface area (Å²) in [7, 11) is 3.10. The van der Waals surface area contributed by atoms with Crippen molar-refractivity contribution in [2.45, 2.75) is 12.3 Å². The Morgan fingerprint density at radius 2 is 1.94 bits per heavy atom. The van der Waals surface area contributed by atoms with Crippen LogP contribution in [0.5, 0.6) is 5.75 Å². The Hall–Kier alpha value is -1.55. The number of esters is 1. The molecule has 1 fully saturated rings. The molecule has 4 heteroatoms. The molecule has 0 unspecified atom stereocenters. The molecule has 1 aliphatic rings. The number of benzene rings is 1. The van der Waals surface area contributed by atoms with E-state index in [2.05, 4.69) is 17.4 Å². The van der Waals surface area contributed by atoms with Crippen molar-refractivity contribution in [1.82, 2.24) is 5.32 Å². The second kappa shape index (κ2) is 5.87. The van der Waals surface area contributed by atoms with E-state index in [0.29, 0.717) is 12.5 Å². The number of rotatable bonds is 3. The highest BCUT2D eigenvalue weighted by molar-refractivity contribution is 5.72. The lowest BCUT2D eigenvalue weighted by atomic mass is 9.85. The summed E-state index contributed by atoms with van der Waals surface area (Å²) in [6, 6.07) is 8.03. The zero-order chi connectivity index (χ0) is 13.0. The molecule has 1 heterocycles. The van der Waals surface area contributed by atoms with Crippen molar-refractivity contribution >= 4 is 5.97 Å². The van der Waals surface area contributed by atoms with Crippen LogP contribution in [0, 0.1) is 5.92 Å². The summed E-state index contributed by atoms with van der Waals surface area (Å²) >= 11 is 0. The number of methoxy groups -OCH3 is 2. The molecule has 0 spiro atoms. The summed E-state index contributed by atoms with van der Waals surface area (Å²) in [5.41, 5.74) is 1.23. The highest BCUT2D eigenvalue weighted by Gasteiger charge is 2.28. The van der Waals surface area contributed by atoms with Crippen molar-refractivity contribution in [3.05, 3.63) is 29.8 Å². The second-order valence-electron chi connectivity index (χ2n) is 4.58. The number of hydrogen-bond acceptors (Lipinski definition) is 4. The Labute approximate surface area is 107 Å². The van der Waals surface area contributed by atoms with E-state index in [0.717, 1.165) is 18.7 Å². The zero-order valence-corrected chi connectivity index (χ0v) is 10.8. The molecule has 1 N–H and O–H groups in total. The monoisotopic (exact) mass is 249 g/mol. The minimum atomic E-state index is -0.124. The topological polar surface area (TPSA) is 47.6 Å². The Bertz CT molecular complexity index is 402. The summed E-state index contributed by atoms with van der Waals surface area (Å²) in [6.45, 7) is 1.61. The number of ether oxygens (including phenoxy) is 2. The molecule has 0 saturated carbocycles. The van der Waals surface area contributed by atoms with Crippen LogP contribution in [0.2, 0.25) is 0 Å². The van der Waals surface area contributed by atoms with Crippen molar-refractivity contribution in [3.63, 3.8) is 0 Å². The number of piperidine rings is 1. The molecule has 0 amide bonds. The minimum Gasteiger partial charge on any atom is -0.497 e. The first-order valence-electron chi connectivity index (χ1n) is 6.17. The maximum Gasteiger partial charge on any atom is 0.309 e. The third-order valence-corrected chi connectivity index (χ3v) is 3.47. The lowest BCUT2D eigenvalue weighted by Gasteiger charge is -2.28. The minimum absolute atomic E-state index is 0.0455. The Kier molecular flexibility index (Phi) is 4.20. The van der Waals surface area contributed by atoms with Gasteiger partial charge in [0.05, 0.1) is 20.1 Å². The number of carbonyl (C=O) groups is 1. The SMILES string of the molecule is COC(=O)[C@@H]1CNC[C@@H](c2ccc(OC)cc2)C1. The van der Waals surface area contributed by atoms with Gasteiger partial charge in [-0.25, -0.2) is 0 Å². The van der Waals surface area contributed by atoms with Gasteiger partial charge in [-0.05, 0) is 30.0 Å². The molecule has 0 aliphatic carbocycles. The molecule has 0 aromatic heterocycles. The molecule has 2 atom stereocenters. The van der Waals surface area contributed by atoms with Gasteiger partial charge in [-0.1, -0.05) is 12.1 Å². The third-order valence-electron chi connectivity index (χ3n) is 3.47. The number of carbonyl (C=O) groups excluding carboxylic acids is 1. The fourth-order valence-corrected chi connectivity index (χ4v) is 2.42. The molecule has 2 rings (SSSR count). The maximum absolute atomic E-state index is 11.6. The Balaban J connectivity index is 2.05. The normalized spacial score (nSPS) is 23.4. The van der Waals surface area contributed by atoms with Gasteiger partial charge in [0.2, 0.25) is 0 Å². The average molecular weight is 249 g/mol. The Morgan fingerprint density at radius 1 is 1.22 bits per heavy atom. The number of hydrogen-bond donors (Lipinski definition) is 1. The zero-order valence-electron chi connectivity index (χ0n) is 10.8. The molecule has 1 saturated heterocycles.